The maximum absolute atomic E-state index is 12.7. The number of nitrogens with one attached hydrogen (secondary N) is 3. The van der Waals surface area contributed by atoms with E-state index in [0.717, 1.165) is 11.1 Å². The van der Waals surface area contributed by atoms with Gasteiger partial charge in [-0.2, -0.15) is 5.10 Å². The van der Waals surface area contributed by atoms with Gasteiger partial charge in [0.05, 0.1) is 34.5 Å². The van der Waals surface area contributed by atoms with Crippen LogP contribution in [-0.4, -0.2) is 36.4 Å². The summed E-state index contributed by atoms with van der Waals surface area (Å²) in [6.45, 7) is 3.70. The number of thiocarbonyl (C=S) groups is 1. The van der Waals surface area contributed by atoms with Gasteiger partial charge in [0.25, 0.3) is 5.91 Å². The van der Waals surface area contributed by atoms with E-state index in [-0.39, 0.29) is 13.2 Å². The average Bonchev–Trinajstić information content (AvgIpc) is 2.97. The zero-order chi connectivity index (χ0) is 30.1. The zero-order valence-corrected chi connectivity index (χ0v) is 25.1. The summed E-state index contributed by atoms with van der Waals surface area (Å²) in [4.78, 5) is 25.2. The molecular weight excluding hydrogens is 599 g/mol. The number of esters is 1. The molecule has 1 amide bonds. The first-order valence-electron chi connectivity index (χ1n) is 12.9. The average molecular weight is 628 g/mol. The molecule has 9 nitrogen and oxygen atoms in total. The smallest absolute Gasteiger partial charge is 0.338 e. The van der Waals surface area contributed by atoms with Crippen molar-refractivity contribution in [1.82, 2.24) is 16.1 Å². The van der Waals surface area contributed by atoms with Crippen molar-refractivity contribution in [2.24, 2.45) is 5.10 Å². The van der Waals surface area contributed by atoms with E-state index in [4.69, 9.17) is 49.6 Å². The lowest BCUT2D eigenvalue weighted by molar-refractivity contribution is -0.139. The Morgan fingerprint density at radius 2 is 1.86 bits per heavy atom. The zero-order valence-electron chi connectivity index (χ0n) is 22.8. The maximum Gasteiger partial charge on any atom is 0.338 e. The Morgan fingerprint density at radius 3 is 2.64 bits per heavy atom. The summed E-state index contributed by atoms with van der Waals surface area (Å²) < 4.78 is 16.9. The Bertz CT molecular complexity index is 1550. The number of carbonyl (C=O) groups excluding carboxylic acids is 2. The summed E-state index contributed by atoms with van der Waals surface area (Å²) in [5.74, 6) is 0.0708. The minimum atomic E-state index is -0.624. The Hall–Kier alpha value is -4.12. The van der Waals surface area contributed by atoms with Gasteiger partial charge in [0.1, 0.15) is 18.1 Å². The van der Waals surface area contributed by atoms with Crippen molar-refractivity contribution < 1.29 is 23.8 Å². The Morgan fingerprint density at radius 1 is 1.05 bits per heavy atom. The molecular formula is C30H28Cl2N4O5S. The first-order chi connectivity index (χ1) is 20.2. The van der Waals surface area contributed by atoms with Crippen molar-refractivity contribution in [3.63, 3.8) is 0 Å². The van der Waals surface area contributed by atoms with Crippen molar-refractivity contribution in [3.8, 4) is 11.5 Å². The SMILES string of the molecule is CCOC(=O)C1=C(C)NC(=S)N[C@H]1c1ccccc1OCC(=O)NN=Cc1cccc(OCc2ccc(Cl)c(Cl)c2)c1. The number of ether oxygens (including phenoxy) is 3. The van der Waals surface area contributed by atoms with Crippen LogP contribution in [0.4, 0.5) is 0 Å². The number of para-hydroxylation sites is 1. The summed E-state index contributed by atoms with van der Waals surface area (Å²) >= 11 is 17.3. The van der Waals surface area contributed by atoms with Gasteiger partial charge >= 0.3 is 5.97 Å². The van der Waals surface area contributed by atoms with Gasteiger partial charge in [-0.15, -0.1) is 0 Å². The number of benzene rings is 3. The highest BCUT2D eigenvalue weighted by Crippen LogP contribution is 2.33. The van der Waals surface area contributed by atoms with Crippen LogP contribution in [-0.2, 0) is 20.9 Å². The number of rotatable bonds is 11. The van der Waals surface area contributed by atoms with Crippen molar-refractivity contribution >= 4 is 58.6 Å². The largest absolute Gasteiger partial charge is 0.489 e. The van der Waals surface area contributed by atoms with Gasteiger partial charge in [0.2, 0.25) is 0 Å². The molecule has 0 fully saturated rings. The normalized spacial score (nSPS) is 14.7. The number of halogens is 2. The number of amides is 1. The molecule has 0 saturated carbocycles. The van der Waals surface area contributed by atoms with Crippen LogP contribution in [0.5, 0.6) is 11.5 Å². The minimum Gasteiger partial charge on any atom is -0.489 e. The molecule has 3 N–H and O–H groups in total. The molecule has 0 unspecified atom stereocenters. The minimum absolute atomic E-state index is 0.224. The van der Waals surface area contributed by atoms with Gasteiger partial charge < -0.3 is 24.8 Å². The highest BCUT2D eigenvalue weighted by atomic mass is 35.5. The summed E-state index contributed by atoms with van der Waals surface area (Å²) in [5.41, 5.74) is 5.62. The molecule has 1 heterocycles. The van der Waals surface area contributed by atoms with Gasteiger partial charge in [0, 0.05) is 11.3 Å². The van der Waals surface area contributed by atoms with Gasteiger partial charge in [-0.05, 0) is 67.5 Å². The molecule has 0 saturated heterocycles. The number of carbonyl (C=O) groups is 2. The van der Waals surface area contributed by atoms with Crippen LogP contribution in [0.3, 0.4) is 0 Å². The van der Waals surface area contributed by atoms with Crippen LogP contribution in [0, 0.1) is 0 Å². The molecule has 218 valence electrons. The van der Waals surface area contributed by atoms with Crippen molar-refractivity contribution in [2.45, 2.75) is 26.5 Å². The number of allylic oxidation sites excluding steroid dienone is 1. The second-order valence-electron chi connectivity index (χ2n) is 9.02. The lowest BCUT2D eigenvalue weighted by Gasteiger charge is -2.30. The molecule has 0 aliphatic carbocycles. The van der Waals surface area contributed by atoms with E-state index in [0.29, 0.717) is 50.1 Å². The van der Waals surface area contributed by atoms with Crippen LogP contribution in [0.2, 0.25) is 10.0 Å². The van der Waals surface area contributed by atoms with Gasteiger partial charge in [-0.1, -0.05) is 59.6 Å². The van der Waals surface area contributed by atoms with E-state index in [9.17, 15) is 9.59 Å². The topological polar surface area (TPSA) is 110 Å². The third-order valence-electron chi connectivity index (χ3n) is 6.00. The van der Waals surface area contributed by atoms with Crippen LogP contribution < -0.4 is 25.5 Å². The standard InChI is InChI=1S/C30H28Cl2N4O5S/c1-3-39-29(38)27-18(2)34-30(42)35-28(27)22-9-4-5-10-25(22)41-17-26(37)36-33-15-19-7-6-8-21(13-19)40-16-20-11-12-23(31)24(32)14-20/h4-15,28H,3,16-17H2,1-2H3,(H,36,37)(H2,34,35,42)/t28-/m0/s1. The highest BCUT2D eigenvalue weighted by molar-refractivity contribution is 7.80. The second-order valence-corrected chi connectivity index (χ2v) is 10.2. The van der Waals surface area contributed by atoms with Gasteiger partial charge in [0.15, 0.2) is 11.7 Å². The van der Waals surface area contributed by atoms with E-state index < -0.39 is 17.9 Å². The molecule has 0 radical (unpaired) electrons. The Labute approximate surface area is 258 Å². The lowest BCUT2D eigenvalue weighted by atomic mass is 9.95. The van der Waals surface area contributed by atoms with Crippen LogP contribution in [0.1, 0.15) is 36.6 Å². The van der Waals surface area contributed by atoms with Crippen molar-refractivity contribution in [2.75, 3.05) is 13.2 Å². The molecule has 0 bridgehead atoms. The summed E-state index contributed by atoms with van der Waals surface area (Å²) in [7, 11) is 0. The monoisotopic (exact) mass is 626 g/mol. The van der Waals surface area contributed by atoms with Crippen molar-refractivity contribution in [1.29, 1.82) is 0 Å². The van der Waals surface area contributed by atoms with E-state index >= 15 is 0 Å². The lowest BCUT2D eigenvalue weighted by Crippen LogP contribution is -2.45. The number of hydrazone groups is 1. The van der Waals surface area contributed by atoms with E-state index in [1.807, 2.05) is 24.3 Å². The second kappa shape index (κ2) is 14.7. The predicted octanol–water partition coefficient (Wildman–Crippen LogP) is 5.46. The van der Waals surface area contributed by atoms with Crippen LogP contribution in [0.15, 0.2) is 83.1 Å². The molecule has 0 aromatic heterocycles. The first kappa shape index (κ1) is 30.8. The molecule has 0 spiro atoms. The quantitative estimate of drug-likeness (QED) is 0.111. The number of hydrogen-bond acceptors (Lipinski definition) is 7. The Kier molecular flexibility index (Phi) is 10.8. The van der Waals surface area contributed by atoms with E-state index in [1.54, 1.807) is 56.3 Å². The molecule has 4 rings (SSSR count). The molecule has 3 aromatic rings. The molecule has 1 atom stereocenters. The molecule has 1 aliphatic heterocycles. The van der Waals surface area contributed by atoms with Crippen molar-refractivity contribution in [3.05, 3.63) is 105 Å². The van der Waals surface area contributed by atoms with Crippen LogP contribution in [0.25, 0.3) is 0 Å². The van der Waals surface area contributed by atoms with E-state index in [2.05, 4.69) is 21.2 Å². The molecule has 42 heavy (non-hydrogen) atoms. The highest BCUT2D eigenvalue weighted by Gasteiger charge is 2.32. The molecule has 1 aliphatic rings. The fourth-order valence-corrected chi connectivity index (χ4v) is 4.68. The predicted molar refractivity (Wildman–Crippen MR) is 166 cm³/mol. The third kappa shape index (κ3) is 8.22. The fraction of sp³-hybridized carbons (Fsp3) is 0.200. The summed E-state index contributed by atoms with van der Waals surface area (Å²) in [6.07, 6.45) is 1.50. The summed E-state index contributed by atoms with van der Waals surface area (Å²) in [5, 5.41) is 11.4. The third-order valence-corrected chi connectivity index (χ3v) is 6.96. The van der Waals surface area contributed by atoms with E-state index in [1.165, 1.54) is 6.21 Å². The molecule has 12 heteroatoms. The Balaban J connectivity index is 1.35. The number of hydrogen-bond donors (Lipinski definition) is 3. The maximum atomic E-state index is 12.7. The fourth-order valence-electron chi connectivity index (χ4n) is 4.09. The van der Waals surface area contributed by atoms with Gasteiger partial charge in [-0.25, -0.2) is 10.2 Å². The summed E-state index contributed by atoms with van der Waals surface area (Å²) in [6, 6.07) is 19.0. The van der Waals surface area contributed by atoms with Gasteiger partial charge in [-0.3, -0.25) is 4.79 Å². The van der Waals surface area contributed by atoms with Crippen LogP contribution >= 0.6 is 35.4 Å². The first-order valence-corrected chi connectivity index (χ1v) is 14.1. The molecule has 3 aromatic carbocycles. The number of nitrogens with zero attached hydrogens (tertiary/aromatic N) is 1.